The fraction of sp³-hybridized carbons (Fsp3) is 0.316. The van der Waals surface area contributed by atoms with Crippen LogP contribution in [0.3, 0.4) is 0 Å². The van der Waals surface area contributed by atoms with Gasteiger partial charge in [0.2, 0.25) is 5.91 Å². The van der Waals surface area contributed by atoms with Crippen molar-refractivity contribution in [1.82, 2.24) is 24.2 Å². The highest BCUT2D eigenvalue weighted by molar-refractivity contribution is 5.76. The Morgan fingerprint density at radius 2 is 2.04 bits per heavy atom. The van der Waals surface area contributed by atoms with Crippen molar-refractivity contribution >= 4 is 5.91 Å². The van der Waals surface area contributed by atoms with E-state index in [1.165, 1.54) is 0 Å². The third-order valence-electron chi connectivity index (χ3n) is 4.75. The predicted octanol–water partition coefficient (Wildman–Crippen LogP) is 2.48. The molecule has 2 aromatic heterocycles. The molecule has 1 atom stereocenters. The SMILES string of the molecule is Cc1cc(C)n(CC(=O)N2Cc3nccn3CC2c2ccccc2)n1. The van der Waals surface area contributed by atoms with Gasteiger partial charge in [0.15, 0.2) is 0 Å². The average Bonchev–Trinajstić information content (AvgIpc) is 3.20. The normalized spacial score (nSPS) is 16.7. The largest absolute Gasteiger partial charge is 0.331 e. The zero-order chi connectivity index (χ0) is 17.4. The zero-order valence-corrected chi connectivity index (χ0v) is 14.5. The van der Waals surface area contributed by atoms with E-state index in [1.54, 1.807) is 10.9 Å². The summed E-state index contributed by atoms with van der Waals surface area (Å²) in [7, 11) is 0. The molecule has 0 saturated carbocycles. The number of carbonyl (C=O) groups is 1. The van der Waals surface area contributed by atoms with Gasteiger partial charge in [-0.15, -0.1) is 0 Å². The van der Waals surface area contributed by atoms with Gasteiger partial charge in [-0.3, -0.25) is 9.48 Å². The summed E-state index contributed by atoms with van der Waals surface area (Å²) >= 11 is 0. The third-order valence-corrected chi connectivity index (χ3v) is 4.75. The summed E-state index contributed by atoms with van der Waals surface area (Å²) in [6.45, 7) is 5.42. The second kappa shape index (κ2) is 6.20. The Labute approximate surface area is 146 Å². The molecule has 1 aliphatic heterocycles. The first kappa shape index (κ1) is 15.6. The molecule has 1 amide bonds. The van der Waals surface area contributed by atoms with E-state index in [2.05, 4.69) is 26.8 Å². The summed E-state index contributed by atoms with van der Waals surface area (Å²) < 4.78 is 3.91. The second-order valence-corrected chi connectivity index (χ2v) is 6.53. The van der Waals surface area contributed by atoms with Gasteiger partial charge in [-0.25, -0.2) is 4.98 Å². The van der Waals surface area contributed by atoms with Crippen LogP contribution in [0.5, 0.6) is 0 Å². The number of aryl methyl sites for hydroxylation is 2. The summed E-state index contributed by atoms with van der Waals surface area (Å²) in [4.78, 5) is 19.4. The van der Waals surface area contributed by atoms with Crippen molar-refractivity contribution < 1.29 is 4.79 Å². The lowest BCUT2D eigenvalue weighted by molar-refractivity contribution is -0.136. The van der Waals surface area contributed by atoms with E-state index >= 15 is 0 Å². The number of rotatable bonds is 3. The number of aromatic nitrogens is 4. The first-order valence-corrected chi connectivity index (χ1v) is 8.47. The molecule has 1 aromatic carbocycles. The summed E-state index contributed by atoms with van der Waals surface area (Å²) in [6, 6.07) is 12.2. The predicted molar refractivity (Wildman–Crippen MR) is 93.7 cm³/mol. The summed E-state index contributed by atoms with van der Waals surface area (Å²) in [5.41, 5.74) is 3.07. The molecule has 1 unspecified atom stereocenters. The molecule has 0 fully saturated rings. The van der Waals surface area contributed by atoms with Crippen molar-refractivity contribution in [1.29, 1.82) is 0 Å². The Hall–Kier alpha value is -2.89. The number of carbonyl (C=O) groups excluding carboxylic acids is 1. The first-order chi connectivity index (χ1) is 12.1. The number of hydrogen-bond donors (Lipinski definition) is 0. The van der Waals surface area contributed by atoms with Crippen molar-refractivity contribution in [3.05, 3.63) is 71.6 Å². The van der Waals surface area contributed by atoms with Gasteiger partial charge in [0.25, 0.3) is 0 Å². The maximum Gasteiger partial charge on any atom is 0.245 e. The lowest BCUT2D eigenvalue weighted by Crippen LogP contribution is -2.42. The van der Waals surface area contributed by atoms with Crippen LogP contribution in [0.15, 0.2) is 48.8 Å². The fourth-order valence-corrected chi connectivity index (χ4v) is 3.48. The Kier molecular flexibility index (Phi) is 3.87. The standard InChI is InChI=1S/C19H21N5O/c1-14-10-15(2)24(21-14)13-19(25)23-12-18-20-8-9-22(18)11-17(23)16-6-4-3-5-7-16/h3-10,17H,11-13H2,1-2H3. The van der Waals surface area contributed by atoms with E-state index in [-0.39, 0.29) is 18.5 Å². The molecule has 6 nitrogen and oxygen atoms in total. The summed E-state index contributed by atoms with van der Waals surface area (Å²) in [5.74, 6) is 0.989. The number of imidazole rings is 1. The van der Waals surface area contributed by atoms with Crippen LogP contribution in [0.2, 0.25) is 0 Å². The van der Waals surface area contributed by atoms with Gasteiger partial charge in [0.05, 0.1) is 18.3 Å². The number of hydrogen-bond acceptors (Lipinski definition) is 3. The maximum atomic E-state index is 13.1. The fourth-order valence-electron chi connectivity index (χ4n) is 3.48. The van der Waals surface area contributed by atoms with Crippen molar-refractivity contribution in [2.45, 2.75) is 39.5 Å². The molecule has 1 aliphatic rings. The number of fused-ring (bicyclic) bond motifs is 1. The summed E-state index contributed by atoms with van der Waals surface area (Å²) in [6.07, 6.45) is 3.78. The Balaban J connectivity index is 1.65. The van der Waals surface area contributed by atoms with Gasteiger partial charge in [0.1, 0.15) is 12.4 Å². The van der Waals surface area contributed by atoms with Gasteiger partial charge in [-0.05, 0) is 25.5 Å². The molecule has 0 bridgehead atoms. The molecule has 6 heteroatoms. The molecule has 0 saturated heterocycles. The maximum absolute atomic E-state index is 13.1. The Bertz CT molecular complexity index is 896. The van der Waals surface area contributed by atoms with Crippen LogP contribution in [0.4, 0.5) is 0 Å². The average molecular weight is 335 g/mol. The molecule has 0 N–H and O–H groups in total. The Morgan fingerprint density at radius 3 is 2.76 bits per heavy atom. The zero-order valence-electron chi connectivity index (χ0n) is 14.5. The molecule has 128 valence electrons. The minimum Gasteiger partial charge on any atom is -0.331 e. The molecule has 25 heavy (non-hydrogen) atoms. The minimum absolute atomic E-state index is 0.00682. The third kappa shape index (κ3) is 2.95. The van der Waals surface area contributed by atoms with Crippen LogP contribution in [-0.2, 0) is 24.4 Å². The molecule has 0 radical (unpaired) electrons. The van der Waals surface area contributed by atoms with Gasteiger partial charge in [-0.1, -0.05) is 30.3 Å². The van der Waals surface area contributed by atoms with E-state index < -0.39 is 0 Å². The van der Waals surface area contributed by atoms with E-state index in [4.69, 9.17) is 0 Å². The van der Waals surface area contributed by atoms with E-state index in [1.807, 2.05) is 49.2 Å². The van der Waals surface area contributed by atoms with Gasteiger partial charge < -0.3 is 9.47 Å². The van der Waals surface area contributed by atoms with Gasteiger partial charge in [0, 0.05) is 24.6 Å². The molecular weight excluding hydrogens is 314 g/mol. The van der Waals surface area contributed by atoms with E-state index in [9.17, 15) is 4.79 Å². The van der Waals surface area contributed by atoms with Crippen LogP contribution < -0.4 is 0 Å². The van der Waals surface area contributed by atoms with Crippen LogP contribution in [0, 0.1) is 13.8 Å². The van der Waals surface area contributed by atoms with Gasteiger partial charge >= 0.3 is 0 Å². The number of benzene rings is 1. The van der Waals surface area contributed by atoms with Crippen LogP contribution in [0.1, 0.15) is 28.8 Å². The number of nitrogens with zero attached hydrogens (tertiary/aromatic N) is 5. The van der Waals surface area contributed by atoms with E-state index in [0.717, 1.165) is 29.3 Å². The molecular formula is C19H21N5O. The first-order valence-electron chi connectivity index (χ1n) is 8.47. The monoisotopic (exact) mass is 335 g/mol. The summed E-state index contributed by atoms with van der Waals surface area (Å²) in [5, 5.41) is 4.43. The van der Waals surface area contributed by atoms with Crippen molar-refractivity contribution in [3.8, 4) is 0 Å². The van der Waals surface area contributed by atoms with Crippen molar-refractivity contribution in [3.63, 3.8) is 0 Å². The van der Waals surface area contributed by atoms with Crippen LogP contribution in [0.25, 0.3) is 0 Å². The lowest BCUT2D eigenvalue weighted by Gasteiger charge is -2.36. The highest BCUT2D eigenvalue weighted by Crippen LogP contribution is 2.29. The molecule has 4 rings (SSSR count). The van der Waals surface area contributed by atoms with Crippen molar-refractivity contribution in [2.24, 2.45) is 0 Å². The smallest absolute Gasteiger partial charge is 0.245 e. The highest BCUT2D eigenvalue weighted by atomic mass is 16.2. The van der Waals surface area contributed by atoms with Crippen LogP contribution in [-0.4, -0.2) is 30.1 Å². The lowest BCUT2D eigenvalue weighted by atomic mass is 10.0. The second-order valence-electron chi connectivity index (χ2n) is 6.53. The Morgan fingerprint density at radius 1 is 1.24 bits per heavy atom. The van der Waals surface area contributed by atoms with E-state index in [0.29, 0.717) is 6.54 Å². The quantitative estimate of drug-likeness (QED) is 0.739. The minimum atomic E-state index is 0.00682. The van der Waals surface area contributed by atoms with Crippen LogP contribution >= 0.6 is 0 Å². The molecule has 3 heterocycles. The van der Waals surface area contributed by atoms with Gasteiger partial charge in [-0.2, -0.15) is 5.10 Å². The highest BCUT2D eigenvalue weighted by Gasteiger charge is 2.31. The van der Waals surface area contributed by atoms with Crippen molar-refractivity contribution in [2.75, 3.05) is 0 Å². The molecule has 3 aromatic rings. The number of amides is 1. The molecule has 0 aliphatic carbocycles. The molecule has 0 spiro atoms. The topological polar surface area (TPSA) is 56.0 Å².